The van der Waals surface area contributed by atoms with Gasteiger partial charge in [-0.05, 0) is 0 Å². The van der Waals surface area contributed by atoms with Crippen LogP contribution in [0.2, 0.25) is 0 Å². The lowest BCUT2D eigenvalue weighted by atomic mass is 10.2. The predicted octanol–water partition coefficient (Wildman–Crippen LogP) is 2.21. The summed E-state index contributed by atoms with van der Waals surface area (Å²) in [5.74, 6) is -13.8. The standard InChI is InChI=1S/C12H12F5NO3/c1-4(2)18-5(12(19)20)3-21-11-9(16)7(14)6(13)8(15)10(11)17/h4-5,18H,3H2,1-2H3,(H,19,20). The molecular weight excluding hydrogens is 301 g/mol. The van der Waals surface area contributed by atoms with Gasteiger partial charge in [0.25, 0.3) is 0 Å². The highest BCUT2D eigenvalue weighted by molar-refractivity contribution is 5.73. The first kappa shape index (κ1) is 17.2. The van der Waals surface area contributed by atoms with E-state index in [1.807, 2.05) is 0 Å². The molecular formula is C12H12F5NO3. The highest BCUT2D eigenvalue weighted by Gasteiger charge is 2.28. The molecule has 4 nitrogen and oxygen atoms in total. The minimum Gasteiger partial charge on any atom is -0.485 e. The maximum absolute atomic E-state index is 13.3. The molecule has 0 aliphatic rings. The van der Waals surface area contributed by atoms with Crippen molar-refractivity contribution in [3.8, 4) is 5.75 Å². The Kier molecular flexibility index (Phi) is 5.47. The SMILES string of the molecule is CC(C)NC(COc1c(F)c(F)c(F)c(F)c1F)C(=O)O. The van der Waals surface area contributed by atoms with E-state index in [-0.39, 0.29) is 6.04 Å². The molecule has 118 valence electrons. The van der Waals surface area contributed by atoms with Crippen LogP contribution in [-0.2, 0) is 4.79 Å². The monoisotopic (exact) mass is 313 g/mol. The summed E-state index contributed by atoms with van der Waals surface area (Å²) in [6, 6.07) is -1.67. The summed E-state index contributed by atoms with van der Waals surface area (Å²) in [7, 11) is 0. The molecule has 1 unspecified atom stereocenters. The molecule has 21 heavy (non-hydrogen) atoms. The zero-order chi connectivity index (χ0) is 16.3. The van der Waals surface area contributed by atoms with E-state index in [4.69, 9.17) is 5.11 Å². The van der Waals surface area contributed by atoms with Crippen molar-refractivity contribution in [2.75, 3.05) is 6.61 Å². The van der Waals surface area contributed by atoms with Crippen LogP contribution in [0.5, 0.6) is 5.75 Å². The van der Waals surface area contributed by atoms with Gasteiger partial charge in [0.15, 0.2) is 5.75 Å². The summed E-state index contributed by atoms with van der Waals surface area (Å²) < 4.78 is 69.7. The zero-order valence-electron chi connectivity index (χ0n) is 11.0. The Balaban J connectivity index is 3.00. The van der Waals surface area contributed by atoms with E-state index in [9.17, 15) is 26.7 Å². The van der Waals surface area contributed by atoms with Gasteiger partial charge in [0, 0.05) is 6.04 Å². The molecule has 1 atom stereocenters. The van der Waals surface area contributed by atoms with E-state index < -0.39 is 53.5 Å². The normalized spacial score (nSPS) is 12.6. The molecule has 0 amide bonds. The first-order chi connectivity index (χ1) is 9.66. The van der Waals surface area contributed by atoms with E-state index in [1.54, 1.807) is 13.8 Å². The Bertz CT molecular complexity index is 521. The summed E-state index contributed by atoms with van der Waals surface area (Å²) in [5.41, 5.74) is 0. The predicted molar refractivity (Wildman–Crippen MR) is 61.4 cm³/mol. The Hall–Kier alpha value is -1.90. The van der Waals surface area contributed by atoms with Crippen LogP contribution in [0.1, 0.15) is 13.8 Å². The Morgan fingerprint density at radius 3 is 1.86 bits per heavy atom. The number of nitrogens with one attached hydrogen (secondary N) is 1. The van der Waals surface area contributed by atoms with E-state index in [0.29, 0.717) is 0 Å². The van der Waals surface area contributed by atoms with Gasteiger partial charge >= 0.3 is 5.97 Å². The van der Waals surface area contributed by atoms with Crippen LogP contribution in [-0.4, -0.2) is 29.8 Å². The number of aliphatic carboxylic acids is 1. The first-order valence-electron chi connectivity index (χ1n) is 5.79. The summed E-state index contributed by atoms with van der Waals surface area (Å²) >= 11 is 0. The number of ether oxygens (including phenoxy) is 1. The molecule has 0 bridgehead atoms. The van der Waals surface area contributed by atoms with E-state index in [1.165, 1.54) is 0 Å². The maximum atomic E-state index is 13.3. The molecule has 2 N–H and O–H groups in total. The third-order valence-corrected chi connectivity index (χ3v) is 2.40. The molecule has 0 aromatic heterocycles. The summed E-state index contributed by atoms with van der Waals surface area (Å²) in [4.78, 5) is 10.9. The molecule has 0 aliphatic heterocycles. The van der Waals surface area contributed by atoms with Crippen molar-refractivity contribution >= 4 is 5.97 Å². The van der Waals surface area contributed by atoms with Crippen molar-refractivity contribution in [2.24, 2.45) is 0 Å². The molecule has 0 fully saturated rings. The number of halogens is 5. The second-order valence-electron chi connectivity index (χ2n) is 4.42. The van der Waals surface area contributed by atoms with Crippen molar-refractivity contribution in [2.45, 2.75) is 25.9 Å². The smallest absolute Gasteiger partial charge is 0.324 e. The largest absolute Gasteiger partial charge is 0.485 e. The van der Waals surface area contributed by atoms with Crippen LogP contribution in [0.15, 0.2) is 0 Å². The highest BCUT2D eigenvalue weighted by Crippen LogP contribution is 2.29. The molecule has 9 heteroatoms. The average Bonchev–Trinajstić information content (AvgIpc) is 2.41. The molecule has 0 spiro atoms. The molecule has 1 aromatic carbocycles. The second-order valence-corrected chi connectivity index (χ2v) is 4.42. The van der Waals surface area contributed by atoms with Crippen molar-refractivity contribution < 1.29 is 36.6 Å². The fourth-order valence-electron chi connectivity index (χ4n) is 1.47. The molecule has 1 aromatic rings. The lowest BCUT2D eigenvalue weighted by Crippen LogP contribution is -2.45. The Labute approximate surface area is 116 Å². The van der Waals surface area contributed by atoms with Crippen LogP contribution in [0.4, 0.5) is 22.0 Å². The molecule has 0 saturated carbocycles. The van der Waals surface area contributed by atoms with Gasteiger partial charge in [0.2, 0.25) is 29.1 Å². The molecule has 0 heterocycles. The first-order valence-corrected chi connectivity index (χ1v) is 5.79. The molecule has 0 radical (unpaired) electrons. The molecule has 0 aliphatic carbocycles. The van der Waals surface area contributed by atoms with Crippen molar-refractivity contribution in [1.82, 2.24) is 5.32 Å². The fraction of sp³-hybridized carbons (Fsp3) is 0.417. The van der Waals surface area contributed by atoms with Crippen molar-refractivity contribution in [3.05, 3.63) is 29.1 Å². The Morgan fingerprint density at radius 2 is 1.48 bits per heavy atom. The maximum Gasteiger partial charge on any atom is 0.324 e. The summed E-state index contributed by atoms with van der Waals surface area (Å²) in [6.45, 7) is 2.40. The zero-order valence-corrected chi connectivity index (χ0v) is 11.0. The molecule has 0 saturated heterocycles. The van der Waals surface area contributed by atoms with Gasteiger partial charge in [-0.2, -0.15) is 8.78 Å². The number of hydrogen-bond acceptors (Lipinski definition) is 3. The summed E-state index contributed by atoms with van der Waals surface area (Å²) in [5, 5.41) is 11.4. The van der Waals surface area contributed by atoms with Gasteiger partial charge in [0.1, 0.15) is 12.6 Å². The van der Waals surface area contributed by atoms with Gasteiger partial charge in [-0.1, -0.05) is 13.8 Å². The lowest BCUT2D eigenvalue weighted by Gasteiger charge is -2.18. The van der Waals surface area contributed by atoms with E-state index in [0.717, 1.165) is 0 Å². The number of carbonyl (C=O) groups is 1. The summed E-state index contributed by atoms with van der Waals surface area (Å²) in [6.07, 6.45) is 0. The van der Waals surface area contributed by atoms with Gasteiger partial charge in [-0.15, -0.1) is 0 Å². The van der Waals surface area contributed by atoms with Crippen LogP contribution in [0.3, 0.4) is 0 Å². The van der Waals surface area contributed by atoms with Crippen LogP contribution < -0.4 is 10.1 Å². The minimum absolute atomic E-state index is 0.300. The lowest BCUT2D eigenvalue weighted by molar-refractivity contribution is -0.140. The van der Waals surface area contributed by atoms with Gasteiger partial charge in [-0.25, -0.2) is 13.2 Å². The average molecular weight is 313 g/mol. The number of benzene rings is 1. The van der Waals surface area contributed by atoms with Crippen molar-refractivity contribution in [1.29, 1.82) is 0 Å². The van der Waals surface area contributed by atoms with Crippen LogP contribution in [0, 0.1) is 29.1 Å². The van der Waals surface area contributed by atoms with Gasteiger partial charge in [0.05, 0.1) is 0 Å². The second kappa shape index (κ2) is 6.70. The topological polar surface area (TPSA) is 58.6 Å². The number of hydrogen-bond donors (Lipinski definition) is 2. The molecule has 1 rings (SSSR count). The minimum atomic E-state index is -2.31. The van der Waals surface area contributed by atoms with Crippen LogP contribution >= 0.6 is 0 Å². The number of carboxylic acids is 1. The van der Waals surface area contributed by atoms with Crippen LogP contribution in [0.25, 0.3) is 0 Å². The number of carboxylic acid groups (broad SMARTS) is 1. The van der Waals surface area contributed by atoms with Crippen molar-refractivity contribution in [3.63, 3.8) is 0 Å². The highest BCUT2D eigenvalue weighted by atomic mass is 19.2. The third kappa shape index (κ3) is 3.81. The van der Waals surface area contributed by atoms with E-state index >= 15 is 0 Å². The Morgan fingerprint density at radius 1 is 1.05 bits per heavy atom. The van der Waals surface area contributed by atoms with Gasteiger partial charge in [-0.3, -0.25) is 10.1 Å². The fourth-order valence-corrected chi connectivity index (χ4v) is 1.47. The van der Waals surface area contributed by atoms with E-state index in [2.05, 4.69) is 10.1 Å². The number of rotatable bonds is 6. The quantitative estimate of drug-likeness (QED) is 0.480. The third-order valence-electron chi connectivity index (χ3n) is 2.40. The van der Waals surface area contributed by atoms with Gasteiger partial charge < -0.3 is 9.84 Å².